The number of methoxy groups -OCH3 is 1. The average Bonchev–Trinajstić information content (AvgIpc) is 3.27. The highest BCUT2D eigenvalue weighted by atomic mass is 32.2. The van der Waals surface area contributed by atoms with Crippen molar-refractivity contribution in [2.75, 3.05) is 26.7 Å². The predicted molar refractivity (Wildman–Crippen MR) is 141 cm³/mol. The van der Waals surface area contributed by atoms with Gasteiger partial charge in [0.2, 0.25) is 0 Å². The van der Waals surface area contributed by atoms with Crippen molar-refractivity contribution in [3.8, 4) is 5.75 Å². The molecule has 0 atom stereocenters. The molecule has 0 spiro atoms. The molecular weight excluding hydrogens is 444 g/mol. The fourth-order valence-corrected chi connectivity index (χ4v) is 5.17. The first-order valence-corrected chi connectivity index (χ1v) is 13.1. The normalized spacial score (nSPS) is 14.7. The van der Waals surface area contributed by atoms with Crippen molar-refractivity contribution in [1.29, 1.82) is 0 Å². The van der Waals surface area contributed by atoms with Crippen LogP contribution in [0, 0.1) is 5.92 Å². The molecule has 2 N–H and O–H groups in total. The number of unbranched alkanes of at least 4 members (excludes halogenated alkanes) is 1. The summed E-state index contributed by atoms with van der Waals surface area (Å²) >= 11 is 1.77. The number of hydrogen-bond donors (Lipinski definition) is 2. The Morgan fingerprint density at radius 2 is 1.91 bits per heavy atom. The number of ether oxygens (including phenoxy) is 1. The number of likely N-dealkylation sites (tertiary alicyclic amines) is 1. The molecule has 4 rings (SSSR count). The number of aromatic nitrogens is 1. The zero-order valence-electron chi connectivity index (χ0n) is 20.8. The van der Waals surface area contributed by atoms with Crippen molar-refractivity contribution in [1.82, 2.24) is 9.88 Å². The van der Waals surface area contributed by atoms with Crippen molar-refractivity contribution in [3.63, 3.8) is 0 Å². The minimum atomic E-state index is -0.741. The molecule has 5 nitrogen and oxygen atoms in total. The number of hydrogen-bond acceptors (Lipinski definition) is 4. The average molecular weight is 483 g/mol. The summed E-state index contributed by atoms with van der Waals surface area (Å²) in [6.07, 6.45) is 7.38. The number of benzene rings is 2. The number of aromatic amines is 1. The molecule has 0 radical (unpaired) electrons. The smallest absolute Gasteiger partial charge is 0.305 e. The van der Waals surface area contributed by atoms with Gasteiger partial charge in [0.05, 0.1) is 17.9 Å². The summed E-state index contributed by atoms with van der Waals surface area (Å²) in [5.41, 5.74) is 2.74. The van der Waals surface area contributed by atoms with Crippen molar-refractivity contribution < 1.29 is 14.6 Å². The van der Waals surface area contributed by atoms with E-state index in [1.807, 2.05) is 12.1 Å². The van der Waals surface area contributed by atoms with Crippen LogP contribution in [-0.4, -0.2) is 47.7 Å². The molecule has 2 aromatic carbocycles. The molecule has 184 valence electrons. The second-order valence-electron chi connectivity index (χ2n) is 9.17. The fourth-order valence-electron chi connectivity index (χ4n) is 4.20. The summed E-state index contributed by atoms with van der Waals surface area (Å²) in [6, 6.07) is 15.0. The number of fused-ring (bicyclic) bond motifs is 1. The molecule has 1 aliphatic heterocycles. The van der Waals surface area contributed by atoms with E-state index >= 15 is 0 Å². The van der Waals surface area contributed by atoms with Crippen LogP contribution in [-0.2, 0) is 4.79 Å². The Hall–Kier alpha value is -2.44. The molecule has 34 heavy (non-hydrogen) atoms. The molecule has 6 heteroatoms. The van der Waals surface area contributed by atoms with Crippen molar-refractivity contribution >= 4 is 28.6 Å². The second-order valence-corrected chi connectivity index (χ2v) is 10.3. The number of aliphatic carboxylic acids is 1. The number of nitrogens with one attached hydrogen (secondary N) is 1. The first kappa shape index (κ1) is 26.2. The third-order valence-corrected chi connectivity index (χ3v) is 7.38. The van der Waals surface area contributed by atoms with E-state index in [1.54, 1.807) is 32.7 Å². The van der Waals surface area contributed by atoms with Gasteiger partial charge in [-0.25, -0.2) is 0 Å². The number of carbonyl (C=O) groups is 1. The van der Waals surface area contributed by atoms with Crippen LogP contribution in [0.3, 0.4) is 0 Å². The van der Waals surface area contributed by atoms with Gasteiger partial charge in [0.25, 0.3) is 0 Å². The van der Waals surface area contributed by atoms with Gasteiger partial charge in [0.15, 0.2) is 0 Å². The van der Waals surface area contributed by atoms with Crippen LogP contribution < -0.4 is 4.74 Å². The Morgan fingerprint density at radius 1 is 1.21 bits per heavy atom. The molecule has 1 aromatic heterocycles. The van der Waals surface area contributed by atoms with Crippen LogP contribution in [0.5, 0.6) is 5.75 Å². The minimum absolute atomic E-state index is 0.231. The van der Waals surface area contributed by atoms with Gasteiger partial charge in [-0.2, -0.15) is 0 Å². The largest absolute Gasteiger partial charge is 0.496 e. The van der Waals surface area contributed by atoms with E-state index < -0.39 is 5.97 Å². The fraction of sp³-hybridized carbons (Fsp3) is 0.464. The van der Waals surface area contributed by atoms with E-state index in [2.05, 4.69) is 53.3 Å². The first-order chi connectivity index (χ1) is 16.4. The van der Waals surface area contributed by atoms with Crippen LogP contribution in [0.4, 0.5) is 0 Å². The van der Waals surface area contributed by atoms with Gasteiger partial charge in [-0.05, 0) is 80.7 Å². The summed E-state index contributed by atoms with van der Waals surface area (Å²) in [5.74, 6) is 0.625. The maximum atomic E-state index is 9.70. The Labute approximate surface area is 207 Å². The second kappa shape index (κ2) is 12.9. The third-order valence-electron chi connectivity index (χ3n) is 6.33. The zero-order valence-corrected chi connectivity index (χ0v) is 21.7. The summed E-state index contributed by atoms with van der Waals surface area (Å²) < 4.78 is 5.52. The standard InChI is InChI=1S/C24H30N2OS.C4H8O2/c1-3-4-13-26-14-11-18(12-15-26)21-17-25-22-10-9-19(16-20(21)22)28-24-8-6-5-7-23(24)27-2;1-3(2)4(5)6/h5-10,16-18,25H,3-4,11-15H2,1-2H3;3H,1-2H3,(H,5,6). The van der Waals surface area contributed by atoms with E-state index in [1.165, 1.54) is 66.7 Å². The summed E-state index contributed by atoms with van der Waals surface area (Å²) in [5, 5.41) is 9.37. The maximum Gasteiger partial charge on any atom is 0.305 e. The minimum Gasteiger partial charge on any atom is -0.496 e. The van der Waals surface area contributed by atoms with Crippen molar-refractivity contribution in [2.45, 2.75) is 62.2 Å². The van der Waals surface area contributed by atoms with Crippen LogP contribution in [0.25, 0.3) is 10.9 Å². The number of piperidine rings is 1. The predicted octanol–water partition coefficient (Wildman–Crippen LogP) is 7.03. The van der Waals surface area contributed by atoms with Gasteiger partial charge in [-0.15, -0.1) is 0 Å². The monoisotopic (exact) mass is 482 g/mol. The molecular formula is C28H38N2O3S. The van der Waals surface area contributed by atoms with E-state index in [9.17, 15) is 4.79 Å². The lowest BCUT2D eigenvalue weighted by Crippen LogP contribution is -2.33. The lowest BCUT2D eigenvalue weighted by Gasteiger charge is -2.31. The summed E-state index contributed by atoms with van der Waals surface area (Å²) in [6.45, 7) is 9.28. The van der Waals surface area contributed by atoms with Crippen molar-refractivity contribution in [2.24, 2.45) is 5.92 Å². The number of carboxylic acid groups (broad SMARTS) is 1. The Kier molecular flexibility index (Phi) is 9.90. The highest BCUT2D eigenvalue weighted by Gasteiger charge is 2.22. The van der Waals surface area contributed by atoms with E-state index in [0.29, 0.717) is 5.92 Å². The first-order valence-electron chi connectivity index (χ1n) is 12.3. The number of nitrogens with zero attached hydrogens (tertiary/aromatic N) is 1. The number of carboxylic acids is 1. The highest BCUT2D eigenvalue weighted by molar-refractivity contribution is 7.99. The number of rotatable bonds is 8. The molecule has 1 aliphatic rings. The van der Waals surface area contributed by atoms with Crippen LogP contribution >= 0.6 is 11.8 Å². The topological polar surface area (TPSA) is 65.6 Å². The molecule has 0 saturated carbocycles. The summed E-state index contributed by atoms with van der Waals surface area (Å²) in [4.78, 5) is 18.3. The van der Waals surface area contributed by atoms with E-state index in [0.717, 1.165) is 10.6 Å². The Morgan fingerprint density at radius 3 is 2.56 bits per heavy atom. The quantitative estimate of drug-likeness (QED) is 0.361. The van der Waals surface area contributed by atoms with Gasteiger partial charge < -0.3 is 19.7 Å². The number of H-pyrrole nitrogens is 1. The van der Waals surface area contributed by atoms with Gasteiger partial charge in [0, 0.05) is 22.0 Å². The Bertz CT molecular complexity index is 1050. The zero-order chi connectivity index (χ0) is 24.5. The Balaban J connectivity index is 0.000000481. The van der Waals surface area contributed by atoms with Gasteiger partial charge in [-0.3, -0.25) is 4.79 Å². The maximum absolute atomic E-state index is 9.70. The molecule has 0 bridgehead atoms. The van der Waals surface area contributed by atoms with Gasteiger partial charge in [-0.1, -0.05) is 51.1 Å². The molecule has 3 aromatic rings. The SMILES string of the molecule is CC(C)C(=O)O.CCCCN1CCC(c2c[nH]c3ccc(Sc4ccccc4OC)cc23)CC1. The number of para-hydroxylation sites is 1. The lowest BCUT2D eigenvalue weighted by atomic mass is 9.89. The van der Waals surface area contributed by atoms with E-state index in [-0.39, 0.29) is 5.92 Å². The molecule has 0 unspecified atom stereocenters. The molecule has 1 fully saturated rings. The van der Waals surface area contributed by atoms with Gasteiger partial charge >= 0.3 is 5.97 Å². The molecule has 1 saturated heterocycles. The summed E-state index contributed by atoms with van der Waals surface area (Å²) in [7, 11) is 1.74. The molecule has 0 amide bonds. The molecule has 2 heterocycles. The van der Waals surface area contributed by atoms with Gasteiger partial charge in [0.1, 0.15) is 5.75 Å². The highest BCUT2D eigenvalue weighted by Crippen LogP contribution is 2.38. The van der Waals surface area contributed by atoms with Crippen molar-refractivity contribution in [3.05, 3.63) is 54.2 Å². The van der Waals surface area contributed by atoms with Crippen LogP contribution in [0.15, 0.2) is 58.5 Å². The van der Waals surface area contributed by atoms with Crippen LogP contribution in [0.2, 0.25) is 0 Å². The molecule has 0 aliphatic carbocycles. The van der Waals surface area contributed by atoms with Crippen LogP contribution in [0.1, 0.15) is 57.9 Å². The third kappa shape index (κ3) is 7.03. The van der Waals surface area contributed by atoms with E-state index in [4.69, 9.17) is 9.84 Å². The lowest BCUT2D eigenvalue weighted by molar-refractivity contribution is -0.140.